The molecule has 1 saturated heterocycles. The van der Waals surface area contributed by atoms with Crippen LogP contribution >= 0.6 is 11.3 Å². The first-order valence-electron chi connectivity index (χ1n) is 5.09. The van der Waals surface area contributed by atoms with Crippen molar-refractivity contribution >= 4 is 11.3 Å². The number of hydrogen-bond donors (Lipinski definition) is 1. The van der Waals surface area contributed by atoms with Crippen LogP contribution in [0.4, 0.5) is 0 Å². The summed E-state index contributed by atoms with van der Waals surface area (Å²) in [5.74, 6) is 0. The number of nitrogens with two attached hydrogens (primary N) is 1. The summed E-state index contributed by atoms with van der Waals surface area (Å²) >= 11 is 1.83. The van der Waals surface area contributed by atoms with E-state index in [-0.39, 0.29) is 11.7 Å². The average molecular weight is 211 g/mol. The Hall–Kier alpha value is -0.380. The zero-order chi connectivity index (χ0) is 10.2. The molecular weight excluding hydrogens is 194 g/mol. The monoisotopic (exact) mass is 211 g/mol. The van der Waals surface area contributed by atoms with Crippen molar-refractivity contribution in [1.82, 2.24) is 0 Å². The fourth-order valence-electron chi connectivity index (χ4n) is 1.99. The highest BCUT2D eigenvalue weighted by Gasteiger charge is 2.37. The van der Waals surface area contributed by atoms with Crippen molar-refractivity contribution in [3.63, 3.8) is 0 Å². The first-order chi connectivity index (χ1) is 6.64. The summed E-state index contributed by atoms with van der Waals surface area (Å²) in [4.78, 5) is 2.69. The molecule has 0 bridgehead atoms. The van der Waals surface area contributed by atoms with E-state index in [1.54, 1.807) is 0 Å². The van der Waals surface area contributed by atoms with Gasteiger partial charge in [-0.15, -0.1) is 11.3 Å². The Balaban J connectivity index is 2.18. The molecule has 1 aliphatic heterocycles. The van der Waals surface area contributed by atoms with Gasteiger partial charge in [-0.1, -0.05) is 0 Å². The van der Waals surface area contributed by atoms with Crippen LogP contribution in [0.25, 0.3) is 0 Å². The van der Waals surface area contributed by atoms with E-state index >= 15 is 0 Å². The van der Waals surface area contributed by atoms with E-state index in [0.29, 0.717) is 6.54 Å². The predicted octanol–water partition coefficient (Wildman–Crippen LogP) is 2.41. The number of hydrogen-bond acceptors (Lipinski definition) is 3. The van der Waals surface area contributed by atoms with Gasteiger partial charge in [-0.05, 0) is 38.8 Å². The minimum Gasteiger partial charge on any atom is -0.365 e. The maximum absolute atomic E-state index is 5.98. The van der Waals surface area contributed by atoms with Gasteiger partial charge in [0, 0.05) is 16.3 Å². The van der Waals surface area contributed by atoms with Crippen LogP contribution in [0.2, 0.25) is 0 Å². The van der Waals surface area contributed by atoms with Crippen LogP contribution in [0.5, 0.6) is 0 Å². The number of rotatable bonds is 2. The van der Waals surface area contributed by atoms with Crippen LogP contribution in [0.1, 0.15) is 29.5 Å². The molecule has 3 heteroatoms. The quantitative estimate of drug-likeness (QED) is 0.815. The van der Waals surface area contributed by atoms with Gasteiger partial charge in [0.1, 0.15) is 0 Å². The smallest absolute Gasteiger partial charge is 0.1000 e. The summed E-state index contributed by atoms with van der Waals surface area (Å²) in [5.41, 5.74) is 5.54. The van der Waals surface area contributed by atoms with E-state index in [0.717, 1.165) is 12.8 Å². The molecule has 2 atom stereocenters. The molecule has 2 heterocycles. The largest absolute Gasteiger partial charge is 0.365 e. The normalized spacial score (nSPS) is 32.4. The summed E-state index contributed by atoms with van der Waals surface area (Å²) in [6.07, 6.45) is 2.43. The third-order valence-corrected chi connectivity index (χ3v) is 4.14. The Morgan fingerprint density at radius 3 is 2.93 bits per heavy atom. The molecule has 0 saturated carbocycles. The van der Waals surface area contributed by atoms with E-state index in [2.05, 4.69) is 26.0 Å². The first-order valence-corrected chi connectivity index (χ1v) is 5.90. The molecule has 78 valence electrons. The number of ether oxygens (including phenoxy) is 1. The SMILES string of the molecule is Cc1ccc(C2(C)CCC(CN)O2)s1. The number of aryl methyl sites for hydroxylation is 1. The Kier molecular flexibility index (Phi) is 2.64. The molecule has 1 aromatic rings. The van der Waals surface area contributed by atoms with E-state index in [1.165, 1.54) is 9.75 Å². The first kappa shape index (κ1) is 10.1. The highest BCUT2D eigenvalue weighted by atomic mass is 32.1. The van der Waals surface area contributed by atoms with Crippen molar-refractivity contribution in [2.45, 2.75) is 38.4 Å². The van der Waals surface area contributed by atoms with Crippen LogP contribution in [-0.4, -0.2) is 12.6 Å². The van der Waals surface area contributed by atoms with Gasteiger partial charge in [0.2, 0.25) is 0 Å². The molecule has 0 aromatic carbocycles. The van der Waals surface area contributed by atoms with Gasteiger partial charge in [-0.25, -0.2) is 0 Å². The predicted molar refractivity (Wildman–Crippen MR) is 59.6 cm³/mol. The molecule has 0 spiro atoms. The van der Waals surface area contributed by atoms with Crippen molar-refractivity contribution in [3.8, 4) is 0 Å². The van der Waals surface area contributed by atoms with Crippen LogP contribution in [0, 0.1) is 6.92 Å². The summed E-state index contributed by atoms with van der Waals surface area (Å²) in [5, 5.41) is 0. The second kappa shape index (κ2) is 3.65. The van der Waals surface area contributed by atoms with Crippen LogP contribution < -0.4 is 5.73 Å². The third-order valence-electron chi connectivity index (χ3n) is 2.89. The Morgan fingerprint density at radius 2 is 2.43 bits per heavy atom. The summed E-state index contributed by atoms with van der Waals surface area (Å²) in [7, 11) is 0. The molecule has 2 unspecified atom stereocenters. The maximum atomic E-state index is 5.98. The molecule has 2 nitrogen and oxygen atoms in total. The minimum absolute atomic E-state index is 0.0804. The maximum Gasteiger partial charge on any atom is 0.1000 e. The molecule has 1 aromatic heterocycles. The van der Waals surface area contributed by atoms with Gasteiger partial charge in [-0.2, -0.15) is 0 Å². The van der Waals surface area contributed by atoms with Gasteiger partial charge in [0.05, 0.1) is 11.7 Å². The molecule has 2 rings (SSSR count). The summed E-state index contributed by atoms with van der Waals surface area (Å²) in [6.45, 7) is 4.95. The molecule has 2 N–H and O–H groups in total. The minimum atomic E-state index is -0.0804. The van der Waals surface area contributed by atoms with Crippen molar-refractivity contribution in [3.05, 3.63) is 21.9 Å². The second-order valence-electron chi connectivity index (χ2n) is 4.16. The van der Waals surface area contributed by atoms with Crippen LogP contribution in [0.3, 0.4) is 0 Å². The Morgan fingerprint density at radius 1 is 1.64 bits per heavy atom. The summed E-state index contributed by atoms with van der Waals surface area (Å²) in [6, 6.07) is 4.34. The van der Waals surface area contributed by atoms with Crippen molar-refractivity contribution in [2.75, 3.05) is 6.54 Å². The Bertz CT molecular complexity index is 323. The van der Waals surface area contributed by atoms with Crippen LogP contribution in [0.15, 0.2) is 12.1 Å². The van der Waals surface area contributed by atoms with Gasteiger partial charge in [0.15, 0.2) is 0 Å². The molecule has 0 amide bonds. The molecular formula is C11H17NOS. The Labute approximate surface area is 89.1 Å². The topological polar surface area (TPSA) is 35.2 Å². The highest BCUT2D eigenvalue weighted by Crippen LogP contribution is 2.41. The zero-order valence-electron chi connectivity index (χ0n) is 8.75. The molecule has 1 fully saturated rings. The summed E-state index contributed by atoms with van der Waals surface area (Å²) < 4.78 is 5.98. The fourth-order valence-corrected chi connectivity index (χ4v) is 2.97. The molecule has 14 heavy (non-hydrogen) atoms. The molecule has 1 aliphatic rings. The van der Waals surface area contributed by atoms with Crippen molar-refractivity contribution < 1.29 is 4.74 Å². The zero-order valence-corrected chi connectivity index (χ0v) is 9.56. The van der Waals surface area contributed by atoms with E-state index in [4.69, 9.17) is 10.5 Å². The van der Waals surface area contributed by atoms with Gasteiger partial charge < -0.3 is 10.5 Å². The average Bonchev–Trinajstić information content (AvgIpc) is 2.73. The van der Waals surface area contributed by atoms with Crippen LogP contribution in [-0.2, 0) is 10.3 Å². The third kappa shape index (κ3) is 1.72. The van der Waals surface area contributed by atoms with E-state index in [9.17, 15) is 0 Å². The second-order valence-corrected chi connectivity index (χ2v) is 5.44. The fraction of sp³-hybridized carbons (Fsp3) is 0.636. The highest BCUT2D eigenvalue weighted by molar-refractivity contribution is 7.12. The molecule has 0 radical (unpaired) electrons. The number of thiophene rings is 1. The van der Waals surface area contributed by atoms with E-state index < -0.39 is 0 Å². The lowest BCUT2D eigenvalue weighted by molar-refractivity contribution is -0.0257. The standard InChI is InChI=1S/C11H17NOS/c1-8-3-4-10(14-8)11(2)6-5-9(7-12)13-11/h3-4,9H,5-7,12H2,1-2H3. The van der Waals surface area contributed by atoms with Gasteiger partial charge >= 0.3 is 0 Å². The lowest BCUT2D eigenvalue weighted by Crippen LogP contribution is -2.25. The lowest BCUT2D eigenvalue weighted by atomic mass is 10.0. The van der Waals surface area contributed by atoms with E-state index in [1.807, 2.05) is 11.3 Å². The molecule has 0 aliphatic carbocycles. The van der Waals surface area contributed by atoms with Crippen molar-refractivity contribution in [1.29, 1.82) is 0 Å². The van der Waals surface area contributed by atoms with Crippen molar-refractivity contribution in [2.24, 2.45) is 5.73 Å². The van der Waals surface area contributed by atoms with Gasteiger partial charge in [-0.3, -0.25) is 0 Å². The lowest BCUT2D eigenvalue weighted by Gasteiger charge is -2.23. The van der Waals surface area contributed by atoms with Gasteiger partial charge in [0.25, 0.3) is 0 Å².